The number of Topliss-reactive ketones (excluding diaryl/α,β-unsaturated/α-hetero) is 1. The van der Waals surface area contributed by atoms with Crippen molar-refractivity contribution in [2.75, 3.05) is 11.2 Å². The van der Waals surface area contributed by atoms with Gasteiger partial charge >= 0.3 is 0 Å². The lowest BCUT2D eigenvalue weighted by molar-refractivity contribution is -0.384. The minimum absolute atomic E-state index is 0.0236. The lowest BCUT2D eigenvalue weighted by Gasteiger charge is -2.05. The summed E-state index contributed by atoms with van der Waals surface area (Å²) >= 11 is 6.98. The molecule has 1 N–H and O–H groups in total. The summed E-state index contributed by atoms with van der Waals surface area (Å²) in [7, 11) is 0. The monoisotopic (exact) mass is 493 g/mol. The van der Waals surface area contributed by atoms with Gasteiger partial charge < -0.3 is 4.42 Å². The van der Waals surface area contributed by atoms with Crippen LogP contribution in [-0.4, -0.2) is 32.4 Å². The zero-order valence-corrected chi connectivity index (χ0v) is 19.0. The molecule has 0 bridgehead atoms. The first-order valence-electron chi connectivity index (χ1n) is 9.88. The summed E-state index contributed by atoms with van der Waals surface area (Å²) in [4.78, 5) is 22.8. The zero-order chi connectivity index (χ0) is 23.9. The number of rotatable bonds is 9. The predicted molar refractivity (Wildman–Crippen MR) is 130 cm³/mol. The molecule has 3 aromatic carbocycles. The number of nitrogens with one attached hydrogen (secondary N) is 1. The van der Waals surface area contributed by atoms with Gasteiger partial charge in [-0.25, -0.2) is 0 Å². The van der Waals surface area contributed by atoms with Gasteiger partial charge in [-0.05, 0) is 36.4 Å². The molecule has 0 aliphatic rings. The van der Waals surface area contributed by atoms with E-state index in [4.69, 9.17) is 16.0 Å². The van der Waals surface area contributed by atoms with E-state index in [-0.39, 0.29) is 28.3 Å². The van der Waals surface area contributed by atoms with Crippen molar-refractivity contribution in [3.05, 3.63) is 111 Å². The molecule has 4 rings (SSSR count). The van der Waals surface area contributed by atoms with Crippen LogP contribution in [0.15, 0.2) is 93.6 Å². The summed E-state index contributed by atoms with van der Waals surface area (Å²) in [5, 5.41) is 24.1. The number of hydrogen-bond acceptors (Lipinski definition) is 9. The third-order valence-electron chi connectivity index (χ3n) is 4.52. The van der Waals surface area contributed by atoms with Crippen LogP contribution in [0.1, 0.15) is 21.8 Å². The summed E-state index contributed by atoms with van der Waals surface area (Å²) in [5.41, 5.74) is 5.01. The summed E-state index contributed by atoms with van der Waals surface area (Å²) in [5.74, 6) is 0.169. The minimum atomic E-state index is -0.474. The number of carbonyl (C=O) groups excluding carboxylic acids is 1. The van der Waals surface area contributed by atoms with Gasteiger partial charge in [0.05, 0.1) is 16.4 Å². The largest absolute Gasteiger partial charge is 0.409 e. The van der Waals surface area contributed by atoms with E-state index in [0.29, 0.717) is 27.5 Å². The van der Waals surface area contributed by atoms with Crippen LogP contribution in [0, 0.1) is 10.1 Å². The van der Waals surface area contributed by atoms with Crippen molar-refractivity contribution in [1.29, 1.82) is 0 Å². The minimum Gasteiger partial charge on any atom is -0.409 e. The third kappa shape index (κ3) is 5.85. The Hall–Kier alpha value is -4.02. The van der Waals surface area contributed by atoms with Gasteiger partial charge in [0.25, 0.3) is 16.8 Å². The van der Waals surface area contributed by atoms with Gasteiger partial charge in [-0.2, -0.15) is 5.10 Å². The number of benzene rings is 3. The second kappa shape index (κ2) is 10.7. The molecule has 0 saturated carbocycles. The molecular formula is C23H16ClN5O4S. The van der Waals surface area contributed by atoms with Gasteiger partial charge in [-0.15, -0.1) is 10.2 Å². The maximum Gasteiger partial charge on any atom is 0.277 e. The van der Waals surface area contributed by atoms with E-state index >= 15 is 0 Å². The normalized spacial score (nSPS) is 11.3. The Bertz CT molecular complexity index is 1330. The van der Waals surface area contributed by atoms with Crippen LogP contribution in [-0.2, 0) is 0 Å². The molecule has 0 unspecified atom stereocenters. The van der Waals surface area contributed by atoms with Gasteiger partial charge in [0.1, 0.15) is 0 Å². The first-order valence-corrected chi connectivity index (χ1v) is 11.2. The highest BCUT2D eigenvalue weighted by Gasteiger charge is 2.17. The van der Waals surface area contributed by atoms with Crippen molar-refractivity contribution in [1.82, 2.24) is 10.2 Å². The molecule has 34 heavy (non-hydrogen) atoms. The van der Waals surface area contributed by atoms with E-state index < -0.39 is 4.92 Å². The number of hydrogen-bond donors (Lipinski definition) is 1. The lowest BCUT2D eigenvalue weighted by atomic mass is 10.1. The maximum absolute atomic E-state index is 12.4. The number of nitrogens with zero attached hydrogens (tertiary/aromatic N) is 4. The topological polar surface area (TPSA) is 124 Å². The van der Waals surface area contributed by atoms with Gasteiger partial charge in [-0.1, -0.05) is 53.7 Å². The molecule has 1 heterocycles. The summed E-state index contributed by atoms with van der Waals surface area (Å²) in [6.45, 7) is 0. The zero-order valence-electron chi connectivity index (χ0n) is 17.4. The number of nitro groups is 1. The van der Waals surface area contributed by atoms with Crippen molar-refractivity contribution in [3.63, 3.8) is 0 Å². The molecule has 0 radical (unpaired) electrons. The van der Waals surface area contributed by atoms with Crippen LogP contribution in [0.4, 0.5) is 11.4 Å². The molecule has 0 spiro atoms. The first kappa shape index (κ1) is 23.1. The highest BCUT2D eigenvalue weighted by molar-refractivity contribution is 7.99. The highest BCUT2D eigenvalue weighted by Crippen LogP contribution is 2.21. The molecule has 0 atom stereocenters. The Balaban J connectivity index is 1.51. The molecule has 0 aliphatic heterocycles. The Kier molecular flexibility index (Phi) is 7.31. The van der Waals surface area contributed by atoms with E-state index in [9.17, 15) is 14.9 Å². The van der Waals surface area contributed by atoms with Crippen LogP contribution in [0.2, 0.25) is 5.02 Å². The van der Waals surface area contributed by atoms with Crippen molar-refractivity contribution < 1.29 is 14.1 Å². The van der Waals surface area contributed by atoms with Gasteiger partial charge in [0.15, 0.2) is 11.5 Å². The number of carbonyl (C=O) groups is 1. The van der Waals surface area contributed by atoms with Crippen LogP contribution in [0.5, 0.6) is 0 Å². The van der Waals surface area contributed by atoms with Crippen LogP contribution >= 0.6 is 23.4 Å². The van der Waals surface area contributed by atoms with Crippen molar-refractivity contribution in [3.8, 4) is 0 Å². The summed E-state index contributed by atoms with van der Waals surface area (Å²) in [6, 6.07) is 21.7. The van der Waals surface area contributed by atoms with Crippen molar-refractivity contribution in [2.45, 2.75) is 5.22 Å². The molecule has 4 aromatic rings. The fourth-order valence-electron chi connectivity index (χ4n) is 2.82. The number of anilines is 1. The molecule has 0 aliphatic carbocycles. The number of thioether (sulfide) groups is 1. The molecule has 0 saturated heterocycles. The fraction of sp³-hybridized carbons (Fsp3) is 0.0435. The number of halogens is 1. The maximum atomic E-state index is 12.4. The summed E-state index contributed by atoms with van der Waals surface area (Å²) in [6.07, 6.45) is 0. The van der Waals surface area contributed by atoms with Crippen LogP contribution in [0.25, 0.3) is 0 Å². The average Bonchev–Trinajstić information content (AvgIpc) is 3.33. The Morgan fingerprint density at radius 3 is 2.38 bits per heavy atom. The second-order valence-electron chi connectivity index (χ2n) is 6.83. The SMILES string of the molecule is O=C(CSc1nnc(/C(=N\Nc2ccc([N+](=O)[O-])cc2)c2ccccc2)o1)c1ccc(Cl)cc1. The number of hydrazone groups is 1. The van der Waals surface area contributed by atoms with Crippen LogP contribution in [0.3, 0.4) is 0 Å². The van der Waals surface area contributed by atoms with E-state index in [0.717, 1.165) is 11.8 Å². The lowest BCUT2D eigenvalue weighted by Crippen LogP contribution is -2.07. The molecule has 0 fully saturated rings. The smallest absolute Gasteiger partial charge is 0.277 e. The Morgan fingerprint density at radius 1 is 1.00 bits per heavy atom. The molecule has 170 valence electrons. The molecular weight excluding hydrogens is 478 g/mol. The second-order valence-corrected chi connectivity index (χ2v) is 8.20. The van der Waals surface area contributed by atoms with E-state index in [2.05, 4.69) is 20.7 Å². The quantitative estimate of drug-likeness (QED) is 0.107. The van der Waals surface area contributed by atoms with E-state index in [1.165, 1.54) is 12.1 Å². The molecule has 0 amide bonds. The van der Waals surface area contributed by atoms with E-state index in [1.54, 1.807) is 36.4 Å². The first-order chi connectivity index (χ1) is 16.5. The molecule has 1 aromatic heterocycles. The van der Waals surface area contributed by atoms with Crippen molar-refractivity contribution >= 4 is 46.2 Å². The third-order valence-corrected chi connectivity index (χ3v) is 5.59. The Morgan fingerprint density at radius 2 is 1.71 bits per heavy atom. The standard InChI is InChI=1S/C23H16ClN5O4S/c24-17-8-6-15(7-9-17)20(30)14-34-23-28-27-22(33-23)21(16-4-2-1-3-5-16)26-25-18-10-12-19(13-11-18)29(31)32/h1-13,25H,14H2/b26-21-. The number of non-ortho nitro benzene ring substituents is 1. The number of nitro benzene ring substituents is 1. The Labute approximate surface area is 203 Å². The van der Waals surface area contributed by atoms with Crippen LogP contribution < -0.4 is 5.43 Å². The molecule has 9 nitrogen and oxygen atoms in total. The molecule has 11 heteroatoms. The number of ketones is 1. The van der Waals surface area contributed by atoms with Gasteiger partial charge in [0, 0.05) is 28.3 Å². The predicted octanol–water partition coefficient (Wildman–Crippen LogP) is 5.47. The average molecular weight is 494 g/mol. The summed E-state index contributed by atoms with van der Waals surface area (Å²) < 4.78 is 5.75. The van der Waals surface area contributed by atoms with E-state index in [1.807, 2.05) is 30.3 Å². The van der Waals surface area contributed by atoms with Crippen molar-refractivity contribution in [2.24, 2.45) is 5.10 Å². The van der Waals surface area contributed by atoms with Gasteiger partial charge in [0.2, 0.25) is 0 Å². The fourth-order valence-corrected chi connectivity index (χ4v) is 3.60. The number of aromatic nitrogens is 2. The van der Waals surface area contributed by atoms with Gasteiger partial charge in [-0.3, -0.25) is 20.3 Å². The highest BCUT2D eigenvalue weighted by atomic mass is 35.5.